The highest BCUT2D eigenvalue weighted by Gasteiger charge is 2.10. The number of ether oxygens (including phenoxy) is 1. The van der Waals surface area contributed by atoms with E-state index in [4.69, 9.17) is 4.74 Å². The molecule has 0 heterocycles. The van der Waals surface area contributed by atoms with Crippen LogP contribution in [0.5, 0.6) is 5.75 Å². The van der Waals surface area contributed by atoms with Gasteiger partial charge in [0.1, 0.15) is 5.75 Å². The van der Waals surface area contributed by atoms with E-state index < -0.39 is 9.84 Å². The molecule has 0 spiro atoms. The smallest absolute Gasteiger partial charge is 0.191 e. The maximum absolute atomic E-state index is 11.7. The Morgan fingerprint density at radius 2 is 1.89 bits per heavy atom. The summed E-state index contributed by atoms with van der Waals surface area (Å²) < 4.78 is 28.7. The molecule has 0 aliphatic heterocycles. The molecule has 6 nitrogen and oxygen atoms in total. The second kappa shape index (κ2) is 10.1. The summed E-state index contributed by atoms with van der Waals surface area (Å²) in [6.45, 7) is 5.80. The fraction of sp³-hybridized carbons (Fsp3) is 0.381. The van der Waals surface area contributed by atoms with E-state index >= 15 is 0 Å². The lowest BCUT2D eigenvalue weighted by Crippen LogP contribution is -2.38. The van der Waals surface area contributed by atoms with Gasteiger partial charge >= 0.3 is 0 Å². The number of aliphatic imine (C=N–C) groups is 1. The molecule has 2 N–H and O–H groups in total. The fourth-order valence-corrected chi connectivity index (χ4v) is 3.85. The molecule has 0 amide bonds. The van der Waals surface area contributed by atoms with Crippen molar-refractivity contribution < 1.29 is 13.2 Å². The molecule has 0 fully saturated rings. The zero-order chi connectivity index (χ0) is 20.6. The maximum atomic E-state index is 11.7. The summed E-state index contributed by atoms with van der Waals surface area (Å²) in [5.74, 6) is 1.58. The molecular weight excluding hydrogens is 374 g/mol. The Hall–Kier alpha value is -2.54. The van der Waals surface area contributed by atoms with E-state index in [0.29, 0.717) is 11.4 Å². The second-order valence-corrected chi connectivity index (χ2v) is 8.58. The molecule has 0 aliphatic rings. The van der Waals surface area contributed by atoms with Crippen molar-refractivity contribution in [3.05, 3.63) is 59.2 Å². The van der Waals surface area contributed by atoms with Gasteiger partial charge in [-0.15, -0.1) is 0 Å². The van der Waals surface area contributed by atoms with E-state index in [1.54, 1.807) is 20.1 Å². The number of aryl methyl sites for hydroxylation is 1. The molecule has 0 radical (unpaired) electrons. The minimum Gasteiger partial charge on any atom is -0.497 e. The number of guanidine groups is 1. The number of benzene rings is 2. The number of rotatable bonds is 8. The minimum atomic E-state index is -3.20. The van der Waals surface area contributed by atoms with E-state index in [-0.39, 0.29) is 0 Å². The lowest BCUT2D eigenvalue weighted by atomic mass is 10.1. The largest absolute Gasteiger partial charge is 0.497 e. The number of methoxy groups -OCH3 is 1. The van der Waals surface area contributed by atoms with Crippen LogP contribution in [0, 0.1) is 6.92 Å². The molecular formula is C21H29N3O3S. The summed E-state index contributed by atoms with van der Waals surface area (Å²) >= 11 is 0. The van der Waals surface area contributed by atoms with Crippen molar-refractivity contribution in [3.8, 4) is 5.75 Å². The minimum absolute atomic E-state index is 0.364. The summed E-state index contributed by atoms with van der Waals surface area (Å²) in [6, 6.07) is 13.3. The van der Waals surface area contributed by atoms with E-state index in [1.807, 2.05) is 37.3 Å². The molecule has 0 saturated carbocycles. The quantitative estimate of drug-likeness (QED) is 0.523. The Bertz CT molecular complexity index is 924. The summed E-state index contributed by atoms with van der Waals surface area (Å²) in [5.41, 5.74) is 2.90. The fourth-order valence-electron chi connectivity index (χ4n) is 2.89. The molecule has 0 aliphatic carbocycles. The van der Waals surface area contributed by atoms with Gasteiger partial charge in [0, 0.05) is 19.3 Å². The first-order valence-electron chi connectivity index (χ1n) is 9.28. The van der Waals surface area contributed by atoms with Crippen LogP contribution in [-0.2, 0) is 22.8 Å². The number of hydrogen-bond donors (Lipinski definition) is 2. The lowest BCUT2D eigenvalue weighted by molar-refractivity contribution is 0.414. The molecule has 0 saturated heterocycles. The number of nitrogens with one attached hydrogen (secondary N) is 2. The van der Waals surface area contributed by atoms with E-state index in [1.165, 1.54) is 11.8 Å². The maximum Gasteiger partial charge on any atom is 0.191 e. The summed E-state index contributed by atoms with van der Waals surface area (Å²) in [5, 5.41) is 6.56. The standard InChI is InChI=1S/C21H29N3O3S/c1-5-22-21(23-12-11-17-7-6-8-19(14-17)27-3)24-15-18-9-10-20(16(2)13-18)28(4,25)26/h6-10,13-14H,5,11-12,15H2,1-4H3,(H2,22,23,24). The van der Waals surface area contributed by atoms with Crippen LogP contribution < -0.4 is 15.4 Å². The third-order valence-corrected chi connectivity index (χ3v) is 5.50. The van der Waals surface area contributed by atoms with E-state index in [2.05, 4.69) is 21.7 Å². The van der Waals surface area contributed by atoms with Gasteiger partial charge in [-0.3, -0.25) is 0 Å². The molecule has 7 heteroatoms. The highest BCUT2D eigenvalue weighted by Crippen LogP contribution is 2.17. The molecule has 2 aromatic rings. The van der Waals surface area contributed by atoms with Crippen LogP contribution in [0.3, 0.4) is 0 Å². The monoisotopic (exact) mass is 403 g/mol. The normalized spacial score (nSPS) is 11.9. The predicted molar refractivity (Wildman–Crippen MR) is 114 cm³/mol. The molecule has 28 heavy (non-hydrogen) atoms. The van der Waals surface area contributed by atoms with Crippen LogP contribution in [-0.4, -0.2) is 40.8 Å². The average molecular weight is 404 g/mol. The van der Waals surface area contributed by atoms with Crippen molar-refractivity contribution >= 4 is 15.8 Å². The van der Waals surface area contributed by atoms with Crippen molar-refractivity contribution in [1.29, 1.82) is 0 Å². The van der Waals surface area contributed by atoms with Gasteiger partial charge in [0.05, 0.1) is 18.6 Å². The van der Waals surface area contributed by atoms with Gasteiger partial charge in [-0.1, -0.05) is 24.3 Å². The van der Waals surface area contributed by atoms with Gasteiger partial charge in [-0.05, 0) is 55.2 Å². The zero-order valence-corrected chi connectivity index (χ0v) is 17.8. The predicted octanol–water partition coefficient (Wildman–Crippen LogP) is 2.70. The third-order valence-electron chi connectivity index (χ3n) is 4.24. The highest BCUT2D eigenvalue weighted by atomic mass is 32.2. The van der Waals surface area contributed by atoms with Gasteiger partial charge in [0.25, 0.3) is 0 Å². The zero-order valence-electron chi connectivity index (χ0n) is 17.0. The van der Waals surface area contributed by atoms with Crippen LogP contribution in [0.15, 0.2) is 52.4 Å². The Labute approximate surface area is 168 Å². The van der Waals surface area contributed by atoms with E-state index in [0.717, 1.165) is 42.3 Å². The molecule has 2 aromatic carbocycles. The summed E-state index contributed by atoms with van der Waals surface area (Å²) in [4.78, 5) is 4.97. The van der Waals surface area contributed by atoms with Crippen molar-refractivity contribution in [2.24, 2.45) is 4.99 Å². The van der Waals surface area contributed by atoms with Gasteiger partial charge < -0.3 is 15.4 Å². The molecule has 2 rings (SSSR count). The molecule has 152 valence electrons. The number of nitrogens with zero attached hydrogens (tertiary/aromatic N) is 1. The van der Waals surface area contributed by atoms with E-state index in [9.17, 15) is 8.42 Å². The number of sulfone groups is 1. The second-order valence-electron chi connectivity index (χ2n) is 6.60. The van der Waals surface area contributed by atoms with Gasteiger partial charge in [0.15, 0.2) is 15.8 Å². The van der Waals surface area contributed by atoms with Crippen LogP contribution in [0.25, 0.3) is 0 Å². The summed E-state index contributed by atoms with van der Waals surface area (Å²) in [6.07, 6.45) is 2.08. The van der Waals surface area contributed by atoms with Crippen LogP contribution in [0.2, 0.25) is 0 Å². The first-order valence-corrected chi connectivity index (χ1v) is 11.2. The Morgan fingerprint density at radius 1 is 1.11 bits per heavy atom. The van der Waals surface area contributed by atoms with Gasteiger partial charge in [0.2, 0.25) is 0 Å². The Morgan fingerprint density at radius 3 is 2.54 bits per heavy atom. The Kier molecular flexibility index (Phi) is 7.87. The first-order chi connectivity index (χ1) is 13.3. The highest BCUT2D eigenvalue weighted by molar-refractivity contribution is 7.90. The van der Waals surface area contributed by atoms with Crippen molar-refractivity contribution in [2.75, 3.05) is 26.5 Å². The molecule has 0 atom stereocenters. The van der Waals surface area contributed by atoms with Crippen LogP contribution >= 0.6 is 0 Å². The third kappa shape index (κ3) is 6.56. The first kappa shape index (κ1) is 21.8. The van der Waals surface area contributed by atoms with Crippen molar-refractivity contribution in [1.82, 2.24) is 10.6 Å². The Balaban J connectivity index is 1.99. The molecule has 0 aromatic heterocycles. The van der Waals surface area contributed by atoms with Crippen LogP contribution in [0.1, 0.15) is 23.6 Å². The van der Waals surface area contributed by atoms with Crippen molar-refractivity contribution in [3.63, 3.8) is 0 Å². The lowest BCUT2D eigenvalue weighted by Gasteiger charge is -2.12. The van der Waals surface area contributed by atoms with Crippen molar-refractivity contribution in [2.45, 2.75) is 31.7 Å². The topological polar surface area (TPSA) is 79.8 Å². The number of hydrogen-bond acceptors (Lipinski definition) is 4. The SMILES string of the molecule is CCNC(=NCc1ccc(S(C)(=O)=O)c(C)c1)NCCc1cccc(OC)c1. The van der Waals surface area contributed by atoms with Gasteiger partial charge in [-0.25, -0.2) is 13.4 Å². The summed E-state index contributed by atoms with van der Waals surface area (Å²) in [7, 11) is -1.54. The van der Waals surface area contributed by atoms with Crippen LogP contribution in [0.4, 0.5) is 0 Å². The molecule has 0 bridgehead atoms. The van der Waals surface area contributed by atoms with Gasteiger partial charge in [-0.2, -0.15) is 0 Å². The molecule has 0 unspecified atom stereocenters. The average Bonchev–Trinajstić information content (AvgIpc) is 2.65.